The third kappa shape index (κ3) is 2.79. The number of hydrogen-bond donors (Lipinski definition) is 0. The largest absolute Gasteiger partial charge is 0.276 e. The van der Waals surface area contributed by atoms with Gasteiger partial charge in [-0.05, 0) is 25.3 Å². The standard InChI is InChI=1S/C6H14NO2/c1-4-7(5-2)6(3)9-8/h6H,4-5H2,1-3H3. The van der Waals surface area contributed by atoms with Gasteiger partial charge >= 0.3 is 0 Å². The molecule has 9 heavy (non-hydrogen) atoms. The number of nitrogens with zero attached hydrogens (tertiary/aromatic N) is 1. The summed E-state index contributed by atoms with van der Waals surface area (Å²) in [4.78, 5) is 5.81. The van der Waals surface area contributed by atoms with E-state index in [0.29, 0.717) is 0 Å². The van der Waals surface area contributed by atoms with Gasteiger partial charge < -0.3 is 0 Å². The van der Waals surface area contributed by atoms with E-state index in [1.807, 2.05) is 18.7 Å². The molecule has 0 saturated heterocycles. The highest BCUT2D eigenvalue weighted by Crippen LogP contribution is 1.96. The van der Waals surface area contributed by atoms with E-state index < -0.39 is 0 Å². The van der Waals surface area contributed by atoms with Crippen molar-refractivity contribution in [1.82, 2.24) is 4.90 Å². The predicted molar refractivity (Wildman–Crippen MR) is 34.2 cm³/mol. The van der Waals surface area contributed by atoms with Crippen LogP contribution in [-0.2, 0) is 10.1 Å². The van der Waals surface area contributed by atoms with E-state index in [2.05, 4.69) is 4.89 Å². The molecule has 1 atom stereocenters. The molecule has 0 aromatic carbocycles. The Morgan fingerprint density at radius 3 is 2.00 bits per heavy atom. The first-order valence-electron chi connectivity index (χ1n) is 3.28. The molecule has 3 nitrogen and oxygen atoms in total. The van der Waals surface area contributed by atoms with E-state index in [4.69, 9.17) is 0 Å². The maximum atomic E-state index is 9.85. The highest BCUT2D eigenvalue weighted by molar-refractivity contribution is 4.50. The highest BCUT2D eigenvalue weighted by Gasteiger charge is 2.08. The van der Waals surface area contributed by atoms with E-state index >= 15 is 0 Å². The minimum absolute atomic E-state index is 0.292. The molecule has 0 saturated carbocycles. The molecule has 0 aromatic rings. The maximum absolute atomic E-state index is 9.85. The van der Waals surface area contributed by atoms with Gasteiger partial charge in [-0.1, -0.05) is 13.8 Å². The molecule has 0 rings (SSSR count). The topological polar surface area (TPSA) is 32.4 Å². The molecule has 0 aliphatic rings. The molecule has 0 aliphatic carbocycles. The van der Waals surface area contributed by atoms with Gasteiger partial charge in [-0.3, -0.25) is 4.90 Å². The molecule has 55 valence electrons. The van der Waals surface area contributed by atoms with Crippen LogP contribution in [0, 0.1) is 0 Å². The Balaban J connectivity index is 3.50. The van der Waals surface area contributed by atoms with Gasteiger partial charge in [-0.25, -0.2) is 0 Å². The minimum atomic E-state index is -0.292. The zero-order chi connectivity index (χ0) is 7.28. The Bertz CT molecular complexity index is 64.1. The molecule has 0 bridgehead atoms. The molecular formula is C6H14NO2. The molecule has 0 fully saturated rings. The molecule has 0 aromatic heterocycles. The molecule has 0 N–H and O–H groups in total. The Hall–Kier alpha value is -0.120. The fourth-order valence-corrected chi connectivity index (χ4v) is 0.799. The number of rotatable bonds is 4. The average molecular weight is 132 g/mol. The van der Waals surface area contributed by atoms with Gasteiger partial charge in [0.15, 0.2) is 0 Å². The number of hydrogen-bond acceptors (Lipinski definition) is 2. The summed E-state index contributed by atoms with van der Waals surface area (Å²) in [6.07, 6.45) is -0.292. The second-order valence-electron chi connectivity index (χ2n) is 1.92. The van der Waals surface area contributed by atoms with Crippen LogP contribution in [-0.4, -0.2) is 24.2 Å². The van der Waals surface area contributed by atoms with E-state index in [9.17, 15) is 5.26 Å². The summed E-state index contributed by atoms with van der Waals surface area (Å²) in [5, 5.41) is 9.85. The molecule has 3 heteroatoms. The normalized spacial score (nSPS) is 14.3. The van der Waals surface area contributed by atoms with Crippen molar-refractivity contribution >= 4 is 0 Å². The summed E-state index contributed by atoms with van der Waals surface area (Å²) in [5.74, 6) is 0. The van der Waals surface area contributed by atoms with Crippen molar-refractivity contribution in [3.8, 4) is 0 Å². The second kappa shape index (κ2) is 4.73. The smallest absolute Gasteiger partial charge is 0.146 e. The van der Waals surface area contributed by atoms with Gasteiger partial charge in [0.05, 0.1) is 0 Å². The lowest BCUT2D eigenvalue weighted by Gasteiger charge is -2.21. The maximum Gasteiger partial charge on any atom is 0.146 e. The van der Waals surface area contributed by atoms with E-state index in [-0.39, 0.29) is 6.23 Å². The average Bonchev–Trinajstić information content (AvgIpc) is 1.90. The minimum Gasteiger partial charge on any atom is -0.276 e. The molecule has 1 radical (unpaired) electrons. The SMILES string of the molecule is CCN(CC)C(C)O[O]. The van der Waals surface area contributed by atoms with Gasteiger partial charge in [0, 0.05) is 0 Å². The quantitative estimate of drug-likeness (QED) is 0.325. The van der Waals surface area contributed by atoms with E-state index in [1.54, 1.807) is 6.92 Å². The molecular weight excluding hydrogens is 118 g/mol. The van der Waals surface area contributed by atoms with Gasteiger partial charge in [0.25, 0.3) is 0 Å². The Morgan fingerprint density at radius 2 is 1.89 bits per heavy atom. The van der Waals surface area contributed by atoms with Gasteiger partial charge in [0.2, 0.25) is 0 Å². The van der Waals surface area contributed by atoms with Crippen molar-refractivity contribution in [3.05, 3.63) is 0 Å². The van der Waals surface area contributed by atoms with Crippen LogP contribution < -0.4 is 0 Å². The first-order chi connectivity index (χ1) is 4.26. The van der Waals surface area contributed by atoms with Gasteiger partial charge in [0.1, 0.15) is 6.23 Å². The third-order valence-electron chi connectivity index (χ3n) is 1.47. The van der Waals surface area contributed by atoms with Crippen LogP contribution in [0.25, 0.3) is 0 Å². The lowest BCUT2D eigenvalue weighted by Crippen LogP contribution is -2.33. The highest BCUT2D eigenvalue weighted by atomic mass is 17.1. The molecule has 0 amide bonds. The van der Waals surface area contributed by atoms with Crippen LogP contribution in [0.3, 0.4) is 0 Å². The summed E-state index contributed by atoms with van der Waals surface area (Å²) in [6.45, 7) is 7.47. The molecule has 1 unspecified atom stereocenters. The first kappa shape index (κ1) is 8.88. The molecule has 0 aliphatic heterocycles. The molecule has 0 heterocycles. The fraction of sp³-hybridized carbons (Fsp3) is 1.00. The summed E-state index contributed by atoms with van der Waals surface area (Å²) >= 11 is 0. The zero-order valence-electron chi connectivity index (χ0n) is 6.26. The lowest BCUT2D eigenvalue weighted by atomic mass is 10.5. The fourth-order valence-electron chi connectivity index (χ4n) is 0.799. The Morgan fingerprint density at radius 1 is 1.44 bits per heavy atom. The molecule has 0 spiro atoms. The Kier molecular flexibility index (Phi) is 4.67. The zero-order valence-corrected chi connectivity index (χ0v) is 6.26. The predicted octanol–water partition coefficient (Wildman–Crippen LogP) is 1.04. The summed E-state index contributed by atoms with van der Waals surface area (Å²) in [7, 11) is 0. The van der Waals surface area contributed by atoms with E-state index in [0.717, 1.165) is 13.1 Å². The van der Waals surface area contributed by atoms with Gasteiger partial charge in [-0.2, -0.15) is 4.89 Å². The van der Waals surface area contributed by atoms with Crippen LogP contribution in [0.5, 0.6) is 0 Å². The van der Waals surface area contributed by atoms with Crippen molar-refractivity contribution in [3.63, 3.8) is 0 Å². The first-order valence-corrected chi connectivity index (χ1v) is 3.28. The monoisotopic (exact) mass is 132 g/mol. The third-order valence-corrected chi connectivity index (χ3v) is 1.47. The van der Waals surface area contributed by atoms with Crippen LogP contribution in [0.1, 0.15) is 20.8 Å². The Labute approximate surface area is 56.2 Å². The lowest BCUT2D eigenvalue weighted by molar-refractivity contribution is -0.357. The summed E-state index contributed by atoms with van der Waals surface area (Å²) in [6, 6.07) is 0. The van der Waals surface area contributed by atoms with Crippen LogP contribution >= 0.6 is 0 Å². The summed E-state index contributed by atoms with van der Waals surface area (Å²) in [5.41, 5.74) is 0. The van der Waals surface area contributed by atoms with Gasteiger partial charge in [-0.15, -0.1) is 0 Å². The second-order valence-corrected chi connectivity index (χ2v) is 1.92. The van der Waals surface area contributed by atoms with Crippen molar-refractivity contribution in [2.45, 2.75) is 27.0 Å². The summed E-state index contributed by atoms with van der Waals surface area (Å²) < 4.78 is 0. The van der Waals surface area contributed by atoms with Crippen molar-refractivity contribution in [2.24, 2.45) is 0 Å². The van der Waals surface area contributed by atoms with Crippen molar-refractivity contribution in [1.29, 1.82) is 0 Å². The van der Waals surface area contributed by atoms with Crippen molar-refractivity contribution < 1.29 is 10.1 Å². The van der Waals surface area contributed by atoms with Crippen LogP contribution in [0.4, 0.5) is 0 Å². The van der Waals surface area contributed by atoms with E-state index in [1.165, 1.54) is 0 Å². The van der Waals surface area contributed by atoms with Crippen LogP contribution in [0.15, 0.2) is 0 Å². The van der Waals surface area contributed by atoms with Crippen molar-refractivity contribution in [2.75, 3.05) is 13.1 Å². The van der Waals surface area contributed by atoms with Crippen LogP contribution in [0.2, 0.25) is 0 Å².